The summed E-state index contributed by atoms with van der Waals surface area (Å²) in [7, 11) is 0. The molecule has 5 nitrogen and oxygen atoms in total. The van der Waals surface area contributed by atoms with Crippen molar-refractivity contribution >= 4 is 16.8 Å². The number of H-pyrrole nitrogens is 1. The monoisotopic (exact) mass is 335 g/mol. The molecule has 25 heavy (non-hydrogen) atoms. The van der Waals surface area contributed by atoms with Crippen LogP contribution in [0.4, 0.5) is 0 Å². The van der Waals surface area contributed by atoms with Gasteiger partial charge in [-0.2, -0.15) is 5.10 Å². The lowest BCUT2D eigenvalue weighted by Gasteiger charge is -2.32. The zero-order valence-electron chi connectivity index (χ0n) is 14.0. The summed E-state index contributed by atoms with van der Waals surface area (Å²) in [6, 6.07) is 15.9. The lowest BCUT2D eigenvalue weighted by molar-refractivity contribution is -0.000334. The van der Waals surface area contributed by atoms with Gasteiger partial charge in [0.15, 0.2) is 0 Å². The van der Waals surface area contributed by atoms with Crippen LogP contribution in [0.5, 0.6) is 0 Å². The number of likely N-dealkylation sites (tertiary alicyclic amines) is 1. The van der Waals surface area contributed by atoms with Crippen molar-refractivity contribution in [2.45, 2.75) is 25.6 Å². The molecule has 0 bridgehead atoms. The van der Waals surface area contributed by atoms with E-state index in [2.05, 4.69) is 22.3 Å². The Morgan fingerprint density at radius 3 is 2.72 bits per heavy atom. The van der Waals surface area contributed by atoms with Gasteiger partial charge in [-0.15, -0.1) is 0 Å². The minimum absolute atomic E-state index is 0.0773. The first kappa shape index (κ1) is 15.8. The predicted molar refractivity (Wildman–Crippen MR) is 96.3 cm³/mol. The number of aromatic amines is 1. The Balaban J connectivity index is 1.35. The van der Waals surface area contributed by atoms with E-state index in [1.807, 2.05) is 41.3 Å². The zero-order chi connectivity index (χ0) is 17.1. The molecule has 0 spiro atoms. The van der Waals surface area contributed by atoms with Crippen LogP contribution < -0.4 is 0 Å². The van der Waals surface area contributed by atoms with Crippen molar-refractivity contribution in [1.29, 1.82) is 0 Å². The molecular formula is C20H21N3O2. The van der Waals surface area contributed by atoms with Gasteiger partial charge in [-0.3, -0.25) is 9.89 Å². The highest BCUT2D eigenvalue weighted by Crippen LogP contribution is 2.21. The van der Waals surface area contributed by atoms with E-state index in [-0.39, 0.29) is 12.0 Å². The first-order valence-electron chi connectivity index (χ1n) is 8.68. The van der Waals surface area contributed by atoms with Gasteiger partial charge in [0, 0.05) is 18.5 Å². The molecule has 0 aliphatic carbocycles. The number of aromatic nitrogens is 2. The van der Waals surface area contributed by atoms with Crippen molar-refractivity contribution in [3.8, 4) is 0 Å². The average Bonchev–Trinajstić information content (AvgIpc) is 3.16. The molecule has 4 rings (SSSR count). The molecular weight excluding hydrogens is 314 g/mol. The molecule has 2 heterocycles. The smallest absolute Gasteiger partial charge is 0.254 e. The second kappa shape index (κ2) is 7.07. The fourth-order valence-corrected chi connectivity index (χ4v) is 3.34. The maximum absolute atomic E-state index is 12.8. The van der Waals surface area contributed by atoms with E-state index in [4.69, 9.17) is 4.74 Å². The van der Waals surface area contributed by atoms with Gasteiger partial charge in [0.1, 0.15) is 0 Å². The highest BCUT2D eigenvalue weighted by Gasteiger charge is 2.25. The van der Waals surface area contributed by atoms with Crippen LogP contribution in [0.25, 0.3) is 10.9 Å². The Labute approximate surface area is 146 Å². The van der Waals surface area contributed by atoms with Gasteiger partial charge in [0.2, 0.25) is 0 Å². The van der Waals surface area contributed by atoms with E-state index in [1.165, 1.54) is 5.56 Å². The molecule has 1 aliphatic rings. The van der Waals surface area contributed by atoms with Crippen LogP contribution in [0.2, 0.25) is 0 Å². The van der Waals surface area contributed by atoms with Crippen molar-refractivity contribution in [3.05, 3.63) is 65.9 Å². The molecule has 0 saturated carbocycles. The molecule has 5 heteroatoms. The number of nitrogens with one attached hydrogen (secondary N) is 1. The minimum Gasteiger partial charge on any atom is -0.373 e. The van der Waals surface area contributed by atoms with Gasteiger partial charge in [-0.25, -0.2) is 0 Å². The van der Waals surface area contributed by atoms with E-state index in [0.717, 1.165) is 42.4 Å². The SMILES string of the molecule is O=C(c1cccc2[nH]ncc12)N1CCC(OCc2ccccc2)CC1. The number of ether oxygens (including phenoxy) is 1. The summed E-state index contributed by atoms with van der Waals surface area (Å²) in [6.07, 6.45) is 3.69. The molecule has 1 amide bonds. The number of carbonyl (C=O) groups excluding carboxylic acids is 1. The molecule has 1 aliphatic heterocycles. The summed E-state index contributed by atoms with van der Waals surface area (Å²) >= 11 is 0. The number of benzene rings is 2. The standard InChI is InChI=1S/C20H21N3O2/c24-20(17-7-4-8-19-18(17)13-21-22-19)23-11-9-16(10-12-23)25-14-15-5-2-1-3-6-15/h1-8,13,16H,9-12,14H2,(H,21,22). The largest absolute Gasteiger partial charge is 0.373 e. The number of hydrogen-bond acceptors (Lipinski definition) is 3. The second-order valence-electron chi connectivity index (χ2n) is 6.42. The maximum Gasteiger partial charge on any atom is 0.254 e. The van der Waals surface area contributed by atoms with E-state index in [0.29, 0.717) is 6.61 Å². The highest BCUT2D eigenvalue weighted by atomic mass is 16.5. The average molecular weight is 335 g/mol. The Bertz CT molecular complexity index is 852. The normalized spacial score (nSPS) is 15.6. The number of hydrogen-bond donors (Lipinski definition) is 1. The fraction of sp³-hybridized carbons (Fsp3) is 0.300. The summed E-state index contributed by atoms with van der Waals surface area (Å²) in [6.45, 7) is 2.09. The van der Waals surface area contributed by atoms with Crippen molar-refractivity contribution in [2.75, 3.05) is 13.1 Å². The van der Waals surface area contributed by atoms with Gasteiger partial charge < -0.3 is 9.64 Å². The molecule has 128 valence electrons. The van der Waals surface area contributed by atoms with Crippen molar-refractivity contribution in [1.82, 2.24) is 15.1 Å². The molecule has 1 N–H and O–H groups in total. The van der Waals surface area contributed by atoms with Crippen molar-refractivity contribution in [2.24, 2.45) is 0 Å². The number of amides is 1. The Morgan fingerprint density at radius 2 is 1.92 bits per heavy atom. The zero-order valence-corrected chi connectivity index (χ0v) is 14.0. The third-order valence-electron chi connectivity index (χ3n) is 4.77. The van der Waals surface area contributed by atoms with Crippen LogP contribution in [-0.2, 0) is 11.3 Å². The van der Waals surface area contributed by atoms with E-state index >= 15 is 0 Å². The van der Waals surface area contributed by atoms with Crippen LogP contribution in [0, 0.1) is 0 Å². The van der Waals surface area contributed by atoms with E-state index in [1.54, 1.807) is 6.20 Å². The molecule has 0 atom stereocenters. The minimum atomic E-state index is 0.0773. The Morgan fingerprint density at radius 1 is 1.12 bits per heavy atom. The molecule has 3 aromatic rings. The van der Waals surface area contributed by atoms with Gasteiger partial charge in [0.25, 0.3) is 5.91 Å². The van der Waals surface area contributed by atoms with Crippen molar-refractivity contribution in [3.63, 3.8) is 0 Å². The van der Waals surface area contributed by atoms with Crippen LogP contribution >= 0.6 is 0 Å². The first-order chi connectivity index (χ1) is 12.3. The Kier molecular flexibility index (Phi) is 4.48. The first-order valence-corrected chi connectivity index (χ1v) is 8.68. The summed E-state index contributed by atoms with van der Waals surface area (Å²) in [4.78, 5) is 14.8. The fourth-order valence-electron chi connectivity index (χ4n) is 3.34. The molecule has 1 aromatic heterocycles. The van der Waals surface area contributed by atoms with Gasteiger partial charge in [-0.1, -0.05) is 36.4 Å². The number of fused-ring (bicyclic) bond motifs is 1. The summed E-state index contributed by atoms with van der Waals surface area (Å²) in [5, 5.41) is 7.84. The molecule has 1 fully saturated rings. The summed E-state index contributed by atoms with van der Waals surface area (Å²) in [5.41, 5.74) is 2.80. The van der Waals surface area contributed by atoms with E-state index < -0.39 is 0 Å². The molecule has 1 saturated heterocycles. The van der Waals surface area contributed by atoms with Crippen LogP contribution in [0.1, 0.15) is 28.8 Å². The Hall–Kier alpha value is -2.66. The second-order valence-corrected chi connectivity index (χ2v) is 6.42. The van der Waals surface area contributed by atoms with Crippen LogP contribution in [0.15, 0.2) is 54.7 Å². The molecule has 0 unspecified atom stereocenters. The number of piperidine rings is 1. The van der Waals surface area contributed by atoms with Gasteiger partial charge in [-0.05, 0) is 30.5 Å². The maximum atomic E-state index is 12.8. The summed E-state index contributed by atoms with van der Waals surface area (Å²) in [5.74, 6) is 0.0773. The predicted octanol–water partition coefficient (Wildman–Crippen LogP) is 3.38. The number of nitrogens with zero attached hydrogens (tertiary/aromatic N) is 2. The number of rotatable bonds is 4. The number of carbonyl (C=O) groups is 1. The highest BCUT2D eigenvalue weighted by molar-refractivity contribution is 6.06. The van der Waals surface area contributed by atoms with Crippen molar-refractivity contribution < 1.29 is 9.53 Å². The lowest BCUT2D eigenvalue weighted by Crippen LogP contribution is -2.40. The quantitative estimate of drug-likeness (QED) is 0.795. The van der Waals surface area contributed by atoms with Crippen LogP contribution in [-0.4, -0.2) is 40.2 Å². The lowest BCUT2D eigenvalue weighted by atomic mass is 10.0. The third kappa shape index (κ3) is 3.42. The van der Waals surface area contributed by atoms with Gasteiger partial charge in [0.05, 0.1) is 30.0 Å². The topological polar surface area (TPSA) is 58.2 Å². The summed E-state index contributed by atoms with van der Waals surface area (Å²) < 4.78 is 6.01. The van der Waals surface area contributed by atoms with E-state index in [9.17, 15) is 4.79 Å². The van der Waals surface area contributed by atoms with Crippen LogP contribution in [0.3, 0.4) is 0 Å². The molecule has 2 aromatic carbocycles. The van der Waals surface area contributed by atoms with Gasteiger partial charge >= 0.3 is 0 Å². The molecule has 0 radical (unpaired) electrons. The third-order valence-corrected chi connectivity index (χ3v) is 4.77.